The number of carbonyl (C=O) groups is 1. The Hall–Kier alpha value is -1.49. The van der Waals surface area contributed by atoms with Crippen LogP contribution in [0.25, 0.3) is 16.6 Å². The van der Waals surface area contributed by atoms with E-state index >= 15 is 0 Å². The third kappa shape index (κ3) is 2.44. The summed E-state index contributed by atoms with van der Waals surface area (Å²) >= 11 is 18.0. The predicted octanol–water partition coefficient (Wildman–Crippen LogP) is 4.10. The van der Waals surface area contributed by atoms with Crippen LogP contribution in [0, 0.1) is 0 Å². The minimum Gasteiger partial charge on any atom is -0.465 e. The summed E-state index contributed by atoms with van der Waals surface area (Å²) in [5, 5.41) is 0. The first-order valence-corrected chi connectivity index (χ1v) is 7.11. The highest BCUT2D eigenvalue weighted by atomic mass is 35.6. The van der Waals surface area contributed by atoms with Crippen molar-refractivity contribution in [2.45, 2.75) is 3.79 Å². The summed E-state index contributed by atoms with van der Waals surface area (Å²) < 4.78 is 4.91. The normalized spacial score (nSPS) is 12.0. The zero-order chi connectivity index (χ0) is 15.2. The van der Waals surface area contributed by atoms with Gasteiger partial charge in [-0.25, -0.2) is 9.78 Å². The molecule has 0 aliphatic rings. The van der Waals surface area contributed by atoms with Crippen LogP contribution in [0.1, 0.15) is 16.1 Å². The number of alkyl halides is 3. The Morgan fingerprint density at radius 3 is 2.67 bits per heavy atom. The van der Waals surface area contributed by atoms with Crippen molar-refractivity contribution in [2.24, 2.45) is 0 Å². The van der Waals surface area contributed by atoms with Gasteiger partial charge in [-0.15, -0.1) is 0 Å². The van der Waals surface area contributed by atoms with Crippen LogP contribution in [0.2, 0.25) is 0 Å². The van der Waals surface area contributed by atoms with Gasteiger partial charge < -0.3 is 9.14 Å². The average Bonchev–Trinajstić information content (AvgIpc) is 2.93. The van der Waals surface area contributed by atoms with Crippen molar-refractivity contribution in [1.82, 2.24) is 9.38 Å². The molecule has 0 atom stereocenters. The Balaban J connectivity index is 2.37. The predicted molar refractivity (Wildman–Crippen MR) is 83.3 cm³/mol. The number of hydrogen-bond donors (Lipinski definition) is 0. The molecule has 0 saturated heterocycles. The summed E-state index contributed by atoms with van der Waals surface area (Å²) in [4.78, 5) is 16.0. The molecule has 3 rings (SSSR count). The van der Waals surface area contributed by atoms with Crippen molar-refractivity contribution in [3.63, 3.8) is 0 Å². The van der Waals surface area contributed by atoms with E-state index in [9.17, 15) is 4.79 Å². The average molecular weight is 344 g/mol. The van der Waals surface area contributed by atoms with Crippen LogP contribution in [0.15, 0.2) is 36.5 Å². The number of esters is 1. The van der Waals surface area contributed by atoms with E-state index in [0.717, 1.165) is 5.52 Å². The molecule has 108 valence electrons. The van der Waals surface area contributed by atoms with Crippen molar-refractivity contribution >= 4 is 57.3 Å². The molecule has 0 radical (unpaired) electrons. The Kier molecular flexibility index (Phi) is 3.48. The molecule has 3 aromatic rings. The second kappa shape index (κ2) is 5.05. The van der Waals surface area contributed by atoms with Crippen molar-refractivity contribution in [3.8, 4) is 0 Å². The summed E-state index contributed by atoms with van der Waals surface area (Å²) in [6, 6.07) is 8.72. The van der Waals surface area contributed by atoms with Crippen LogP contribution in [0.4, 0.5) is 0 Å². The van der Waals surface area contributed by atoms with Gasteiger partial charge in [-0.2, -0.15) is 0 Å². The van der Waals surface area contributed by atoms with Crippen LogP contribution in [-0.4, -0.2) is 22.5 Å². The number of hydrogen-bond acceptors (Lipinski definition) is 3. The van der Waals surface area contributed by atoms with Crippen LogP contribution >= 0.6 is 34.8 Å². The third-order valence-electron chi connectivity index (χ3n) is 3.15. The summed E-state index contributed by atoms with van der Waals surface area (Å²) in [5.41, 5.74) is 2.75. The molecule has 0 amide bonds. The highest BCUT2D eigenvalue weighted by Crippen LogP contribution is 2.40. The molecule has 1 aromatic carbocycles. The van der Waals surface area contributed by atoms with E-state index in [1.165, 1.54) is 7.11 Å². The van der Waals surface area contributed by atoms with Gasteiger partial charge in [-0.3, -0.25) is 0 Å². The summed E-state index contributed by atoms with van der Waals surface area (Å²) in [7, 11) is 1.32. The molecule has 2 heterocycles. The van der Waals surface area contributed by atoms with Gasteiger partial charge in [0.25, 0.3) is 0 Å². The summed E-state index contributed by atoms with van der Waals surface area (Å²) in [6.07, 6.45) is 1.84. The van der Waals surface area contributed by atoms with Crippen LogP contribution in [0.5, 0.6) is 0 Å². The molecule has 0 aliphatic carbocycles. The number of fused-ring (bicyclic) bond motifs is 3. The second-order valence-electron chi connectivity index (χ2n) is 4.42. The maximum absolute atomic E-state index is 11.6. The Morgan fingerprint density at radius 2 is 2.00 bits per heavy atom. The van der Waals surface area contributed by atoms with Gasteiger partial charge in [0.1, 0.15) is 5.69 Å². The molecule has 0 saturated carbocycles. The molecule has 0 spiro atoms. The molecule has 0 unspecified atom stereocenters. The van der Waals surface area contributed by atoms with E-state index < -0.39 is 9.76 Å². The minimum absolute atomic E-state index is 0.312. The van der Waals surface area contributed by atoms with E-state index in [1.54, 1.807) is 18.2 Å². The van der Waals surface area contributed by atoms with E-state index in [1.807, 2.05) is 22.7 Å². The van der Waals surface area contributed by atoms with Gasteiger partial charge in [-0.1, -0.05) is 34.8 Å². The first-order valence-electron chi connectivity index (χ1n) is 5.98. The first kappa shape index (κ1) is 14.4. The number of carbonyl (C=O) groups excluding carboxylic acids is 1. The topological polar surface area (TPSA) is 43.6 Å². The van der Waals surface area contributed by atoms with Crippen LogP contribution in [-0.2, 0) is 8.53 Å². The largest absolute Gasteiger partial charge is 0.465 e. The quantitative estimate of drug-likeness (QED) is 0.493. The Bertz CT molecular complexity index is 852. The van der Waals surface area contributed by atoms with Crippen molar-refractivity contribution in [3.05, 3.63) is 47.8 Å². The number of methoxy groups -OCH3 is 1. The van der Waals surface area contributed by atoms with Crippen LogP contribution < -0.4 is 0 Å². The fourth-order valence-electron chi connectivity index (χ4n) is 2.23. The molecule has 0 bridgehead atoms. The summed E-state index contributed by atoms with van der Waals surface area (Å²) in [5.74, 6) is -0.443. The van der Waals surface area contributed by atoms with E-state index in [4.69, 9.17) is 39.5 Å². The molecule has 7 heteroatoms. The molecule has 0 fully saturated rings. The molecule has 2 aromatic heterocycles. The highest BCUT2D eigenvalue weighted by molar-refractivity contribution is 6.67. The number of benzene rings is 1. The Morgan fingerprint density at radius 1 is 1.24 bits per heavy atom. The molecule has 21 heavy (non-hydrogen) atoms. The lowest BCUT2D eigenvalue weighted by atomic mass is 10.2. The Labute approximate surface area is 135 Å². The number of aromatic nitrogens is 2. The fourth-order valence-corrected chi connectivity index (χ4v) is 2.65. The molecule has 0 aliphatic heterocycles. The van der Waals surface area contributed by atoms with Gasteiger partial charge in [0, 0.05) is 6.20 Å². The molecule has 0 N–H and O–H groups in total. The van der Waals surface area contributed by atoms with Crippen LogP contribution in [0.3, 0.4) is 0 Å². The second-order valence-corrected chi connectivity index (χ2v) is 6.70. The maximum Gasteiger partial charge on any atom is 0.337 e. The lowest BCUT2D eigenvalue weighted by molar-refractivity contribution is 0.0601. The lowest BCUT2D eigenvalue weighted by Crippen LogP contribution is -2.08. The van der Waals surface area contributed by atoms with Gasteiger partial charge in [0.15, 0.2) is 0 Å². The fraction of sp³-hybridized carbons (Fsp3) is 0.143. The monoisotopic (exact) mass is 342 g/mol. The van der Waals surface area contributed by atoms with Crippen molar-refractivity contribution in [2.75, 3.05) is 7.11 Å². The zero-order valence-electron chi connectivity index (χ0n) is 10.8. The van der Waals surface area contributed by atoms with Gasteiger partial charge >= 0.3 is 5.97 Å². The smallest absolute Gasteiger partial charge is 0.337 e. The van der Waals surface area contributed by atoms with Crippen molar-refractivity contribution < 1.29 is 9.53 Å². The molecular formula is C14H9Cl3N2O2. The van der Waals surface area contributed by atoms with E-state index in [0.29, 0.717) is 22.3 Å². The highest BCUT2D eigenvalue weighted by Gasteiger charge is 2.28. The molecular weight excluding hydrogens is 335 g/mol. The van der Waals surface area contributed by atoms with Gasteiger partial charge in [-0.05, 0) is 30.3 Å². The number of nitrogens with zero attached hydrogens (tertiary/aromatic N) is 2. The minimum atomic E-state index is -1.66. The number of halogens is 3. The standard InChI is InChI=1S/C14H9Cl3N2O2/c1-21-13(20)8-4-5-10-9(7-8)18-12(14(15,16)17)11-3-2-6-19(10)11/h2-7H,1H3. The SMILES string of the molecule is COC(=O)c1ccc2c(c1)nc(C(Cl)(Cl)Cl)c1cccn12. The van der Waals surface area contributed by atoms with Gasteiger partial charge in [0.2, 0.25) is 3.79 Å². The van der Waals surface area contributed by atoms with Crippen molar-refractivity contribution in [1.29, 1.82) is 0 Å². The lowest BCUT2D eigenvalue weighted by Gasteiger charge is -2.14. The number of ether oxygens (including phenoxy) is 1. The number of rotatable bonds is 1. The molecule has 4 nitrogen and oxygen atoms in total. The van der Waals surface area contributed by atoms with Gasteiger partial charge in [0.05, 0.1) is 29.2 Å². The maximum atomic E-state index is 11.6. The van der Waals surface area contributed by atoms with E-state index in [-0.39, 0.29) is 0 Å². The van der Waals surface area contributed by atoms with E-state index in [2.05, 4.69) is 4.98 Å². The first-order chi connectivity index (χ1) is 9.91. The summed E-state index contributed by atoms with van der Waals surface area (Å²) in [6.45, 7) is 0. The zero-order valence-corrected chi connectivity index (χ0v) is 13.1. The third-order valence-corrected chi connectivity index (χ3v) is 3.69.